The van der Waals surface area contributed by atoms with Crippen LogP contribution in [0.25, 0.3) is 0 Å². The van der Waals surface area contributed by atoms with E-state index < -0.39 is 0 Å². The van der Waals surface area contributed by atoms with Crippen molar-refractivity contribution in [2.24, 2.45) is 0 Å². The van der Waals surface area contributed by atoms with Gasteiger partial charge in [0, 0.05) is 6.42 Å². The van der Waals surface area contributed by atoms with Gasteiger partial charge in [0.2, 0.25) is 0 Å². The third-order valence-corrected chi connectivity index (χ3v) is 0.362. The Balaban J connectivity index is 0. The molecule has 0 amide bonds. The molecule has 0 saturated carbocycles. The van der Waals surface area contributed by atoms with E-state index in [0.29, 0.717) is 6.42 Å². The summed E-state index contributed by atoms with van der Waals surface area (Å²) in [7, 11) is 0. The molecule has 0 aliphatic rings. The first-order chi connectivity index (χ1) is 2.41. The monoisotopic (exact) mass is 77.1 g/mol. The summed E-state index contributed by atoms with van der Waals surface area (Å²) in [6, 6.07) is 2.02. The second kappa shape index (κ2) is 8.92. The van der Waals surface area contributed by atoms with E-state index in [2.05, 4.69) is 0 Å². The van der Waals surface area contributed by atoms with Crippen LogP contribution in [-0.4, -0.2) is 18.9 Å². The summed E-state index contributed by atoms with van der Waals surface area (Å²) in [6.45, 7) is 1.99. The van der Waals surface area contributed by atoms with Gasteiger partial charge in [-0.3, -0.25) is 0 Å². The molecule has 0 aliphatic carbocycles. The third-order valence-electron chi connectivity index (χ3n) is 0.362. The van der Waals surface area contributed by atoms with Crippen molar-refractivity contribution in [3.05, 3.63) is 0 Å². The fraction of sp³-hybridized carbons (Fsp3) is 0.750. The molecule has 0 aromatic rings. The number of nitrogens with zero attached hydrogens (tertiary/aromatic N) is 1. The second-order valence-electron chi connectivity index (χ2n) is 0.908. The molecule has 0 unspecified atom stereocenters. The molecule has 0 atom stereocenters. The van der Waals surface area contributed by atoms with E-state index in [-0.39, 0.29) is 18.9 Å². The van der Waals surface area contributed by atoms with Crippen LogP contribution in [0.3, 0.4) is 0 Å². The van der Waals surface area contributed by atoms with Crippen molar-refractivity contribution < 1.29 is 0 Å². The quantitative estimate of drug-likeness (QED) is 0.422. The Morgan fingerprint density at radius 1 is 1.67 bits per heavy atom. The number of nitriles is 1. The Kier molecular flexibility index (Phi) is 14.0. The topological polar surface area (TPSA) is 23.8 Å². The molecule has 2 heteroatoms. The summed E-state index contributed by atoms with van der Waals surface area (Å²) in [6.07, 6.45) is 1.68. The van der Waals surface area contributed by atoms with Crippen molar-refractivity contribution in [3.63, 3.8) is 0 Å². The number of hydrogen-bond acceptors (Lipinski definition) is 1. The summed E-state index contributed by atoms with van der Waals surface area (Å²) in [5.41, 5.74) is 0. The first kappa shape index (κ1) is 9.43. The van der Waals surface area contributed by atoms with Crippen molar-refractivity contribution in [1.29, 1.82) is 5.26 Å². The molecule has 6 heavy (non-hydrogen) atoms. The third kappa shape index (κ3) is 8.94. The number of hydrogen-bond donors (Lipinski definition) is 0. The van der Waals surface area contributed by atoms with Crippen LogP contribution in [0.1, 0.15) is 19.8 Å². The van der Waals surface area contributed by atoms with Gasteiger partial charge in [-0.2, -0.15) is 5.26 Å². The van der Waals surface area contributed by atoms with Gasteiger partial charge in [0.15, 0.2) is 0 Å². The van der Waals surface area contributed by atoms with E-state index >= 15 is 0 Å². The van der Waals surface area contributed by atoms with Gasteiger partial charge in [-0.15, -0.1) is 0 Å². The fourth-order valence-electron chi connectivity index (χ4n) is 0.112. The standard InChI is InChI=1S/C4H7N.Li.H/c1-2-3-4-5;;/h2-3H2,1H3;;. The molecular weight excluding hydrogens is 69.0 g/mol. The molecule has 0 radical (unpaired) electrons. The Morgan fingerprint density at radius 2 is 2.17 bits per heavy atom. The van der Waals surface area contributed by atoms with Gasteiger partial charge in [0.25, 0.3) is 0 Å². The minimum absolute atomic E-state index is 0. The Bertz CT molecular complexity index is 46.0. The molecular formula is C4H8LiN. The van der Waals surface area contributed by atoms with E-state index in [4.69, 9.17) is 5.26 Å². The number of unbranched alkanes of at least 4 members (excludes halogenated alkanes) is 1. The fourth-order valence-corrected chi connectivity index (χ4v) is 0.112. The van der Waals surface area contributed by atoms with E-state index in [0.717, 1.165) is 6.42 Å². The van der Waals surface area contributed by atoms with Crippen molar-refractivity contribution >= 4 is 18.9 Å². The summed E-state index contributed by atoms with van der Waals surface area (Å²) in [4.78, 5) is 0. The Morgan fingerprint density at radius 3 is 2.17 bits per heavy atom. The molecule has 0 aromatic heterocycles. The molecule has 0 saturated heterocycles. The van der Waals surface area contributed by atoms with Gasteiger partial charge in [-0.25, -0.2) is 0 Å². The minimum atomic E-state index is 0. The van der Waals surface area contributed by atoms with Crippen molar-refractivity contribution in [3.8, 4) is 6.07 Å². The molecule has 0 rings (SSSR count). The first-order valence-corrected chi connectivity index (χ1v) is 1.78. The van der Waals surface area contributed by atoms with Gasteiger partial charge in [-0.05, 0) is 6.42 Å². The Labute approximate surface area is 50.5 Å². The average molecular weight is 77.1 g/mol. The maximum atomic E-state index is 7.82. The molecule has 1 nitrogen and oxygen atoms in total. The SMILES string of the molecule is CCCC#N.[LiH]. The second-order valence-corrected chi connectivity index (χ2v) is 0.908. The van der Waals surface area contributed by atoms with Gasteiger partial charge in [0.05, 0.1) is 6.07 Å². The summed E-state index contributed by atoms with van der Waals surface area (Å²) in [5, 5.41) is 7.82. The van der Waals surface area contributed by atoms with Crippen LogP contribution in [0.4, 0.5) is 0 Å². The number of rotatable bonds is 1. The molecule has 0 fully saturated rings. The van der Waals surface area contributed by atoms with Crippen LogP contribution in [0.5, 0.6) is 0 Å². The van der Waals surface area contributed by atoms with E-state index in [1.165, 1.54) is 0 Å². The average Bonchev–Trinajstić information content (AvgIpc) is 1.41. The Hall–Kier alpha value is 0.0874. The van der Waals surface area contributed by atoms with Crippen LogP contribution in [-0.2, 0) is 0 Å². The van der Waals surface area contributed by atoms with Crippen molar-refractivity contribution in [2.75, 3.05) is 0 Å². The van der Waals surface area contributed by atoms with Crippen molar-refractivity contribution in [1.82, 2.24) is 0 Å². The van der Waals surface area contributed by atoms with Crippen LogP contribution in [0.2, 0.25) is 0 Å². The molecule has 0 spiro atoms. The van der Waals surface area contributed by atoms with E-state index in [9.17, 15) is 0 Å². The van der Waals surface area contributed by atoms with Crippen LogP contribution >= 0.6 is 0 Å². The summed E-state index contributed by atoms with van der Waals surface area (Å²) in [5.74, 6) is 0. The molecule has 0 N–H and O–H groups in total. The normalized spacial score (nSPS) is 5.33. The molecule has 0 aromatic carbocycles. The van der Waals surface area contributed by atoms with Crippen LogP contribution in [0.15, 0.2) is 0 Å². The maximum absolute atomic E-state index is 7.82. The van der Waals surface area contributed by atoms with E-state index in [1.54, 1.807) is 0 Å². The zero-order chi connectivity index (χ0) is 4.12. The summed E-state index contributed by atoms with van der Waals surface area (Å²) >= 11 is 0. The molecule has 0 bridgehead atoms. The van der Waals surface area contributed by atoms with Gasteiger partial charge in [0.1, 0.15) is 0 Å². The molecule has 0 aliphatic heterocycles. The zero-order valence-corrected chi connectivity index (χ0v) is 3.36. The van der Waals surface area contributed by atoms with Gasteiger partial charge in [-0.1, -0.05) is 6.92 Å². The predicted octanol–water partition coefficient (Wildman–Crippen LogP) is 0.662. The van der Waals surface area contributed by atoms with Gasteiger partial charge >= 0.3 is 18.9 Å². The predicted molar refractivity (Wildman–Crippen MR) is 27.7 cm³/mol. The molecule has 30 valence electrons. The van der Waals surface area contributed by atoms with Gasteiger partial charge < -0.3 is 0 Å². The van der Waals surface area contributed by atoms with Crippen LogP contribution in [0, 0.1) is 11.3 Å². The van der Waals surface area contributed by atoms with Crippen molar-refractivity contribution in [2.45, 2.75) is 19.8 Å². The summed E-state index contributed by atoms with van der Waals surface area (Å²) < 4.78 is 0. The molecule has 0 heterocycles. The van der Waals surface area contributed by atoms with Crippen LogP contribution < -0.4 is 0 Å². The zero-order valence-electron chi connectivity index (χ0n) is 3.36. The van der Waals surface area contributed by atoms with E-state index in [1.807, 2.05) is 13.0 Å². The first-order valence-electron chi connectivity index (χ1n) is 1.78.